The van der Waals surface area contributed by atoms with Gasteiger partial charge >= 0.3 is 12.1 Å². The van der Waals surface area contributed by atoms with Crippen molar-refractivity contribution in [2.75, 3.05) is 32.8 Å². The number of nitrogens with zero attached hydrogens (tertiary/aromatic N) is 4. The van der Waals surface area contributed by atoms with E-state index < -0.39 is 17.7 Å². The zero-order chi connectivity index (χ0) is 21.9. The number of amides is 1. The quantitative estimate of drug-likeness (QED) is 0.244. The molecule has 1 heterocycles. The molecule has 9 nitrogen and oxygen atoms in total. The topological polar surface area (TPSA) is 107 Å². The Bertz CT molecular complexity index is 696. The third kappa shape index (κ3) is 9.20. The number of guanidine groups is 1. The zero-order valence-corrected chi connectivity index (χ0v) is 17.9. The van der Waals surface area contributed by atoms with E-state index in [4.69, 9.17) is 9.47 Å². The Hall–Kier alpha value is -2.94. The van der Waals surface area contributed by atoms with Gasteiger partial charge in [-0.1, -0.05) is 5.92 Å². The molecule has 0 bridgehead atoms. The van der Waals surface area contributed by atoms with Gasteiger partial charge in [0.25, 0.3) is 0 Å². The van der Waals surface area contributed by atoms with Crippen LogP contribution in [0.25, 0.3) is 0 Å². The lowest BCUT2D eigenvalue weighted by Gasteiger charge is -2.38. The van der Waals surface area contributed by atoms with Crippen LogP contribution in [0.15, 0.2) is 4.99 Å². The molecule has 1 rings (SSSR count). The molecule has 1 aliphatic heterocycles. The molecule has 29 heavy (non-hydrogen) atoms. The SMILES string of the molecule is CC#CCN(CC(=O)OCC)/C(=N\C#N)N1CCCC(NC(=O)OC(C)(C)C)C1. The largest absolute Gasteiger partial charge is 0.465 e. The number of ether oxygens (including phenoxy) is 2. The number of aliphatic imine (C=N–C) groups is 1. The van der Waals surface area contributed by atoms with Crippen molar-refractivity contribution in [3.8, 4) is 18.0 Å². The van der Waals surface area contributed by atoms with Crippen molar-refractivity contribution in [3.05, 3.63) is 0 Å². The number of hydrogen-bond acceptors (Lipinski definition) is 6. The number of piperidine rings is 1. The molecule has 0 aliphatic carbocycles. The molecular weight excluding hydrogens is 374 g/mol. The van der Waals surface area contributed by atoms with Crippen LogP contribution in [0.5, 0.6) is 0 Å². The van der Waals surface area contributed by atoms with Crippen LogP contribution in [0, 0.1) is 23.3 Å². The summed E-state index contributed by atoms with van der Waals surface area (Å²) in [6.07, 6.45) is 2.89. The highest BCUT2D eigenvalue weighted by Gasteiger charge is 2.29. The monoisotopic (exact) mass is 405 g/mol. The first-order valence-electron chi connectivity index (χ1n) is 9.71. The Balaban J connectivity index is 2.92. The summed E-state index contributed by atoms with van der Waals surface area (Å²) in [6.45, 7) is 10.4. The number of likely N-dealkylation sites (tertiary alicyclic amines) is 1. The summed E-state index contributed by atoms with van der Waals surface area (Å²) in [5.41, 5.74) is -0.582. The molecule has 1 unspecified atom stereocenters. The fraction of sp³-hybridized carbons (Fsp3) is 0.700. The Kier molecular flexibility index (Phi) is 9.81. The number of esters is 1. The Labute approximate surface area is 173 Å². The summed E-state index contributed by atoms with van der Waals surface area (Å²) in [5, 5.41) is 12.1. The van der Waals surface area contributed by atoms with E-state index in [1.807, 2.05) is 4.90 Å². The van der Waals surface area contributed by atoms with Crippen molar-refractivity contribution in [1.82, 2.24) is 15.1 Å². The summed E-state index contributed by atoms with van der Waals surface area (Å²) in [7, 11) is 0. The average Bonchev–Trinajstić information content (AvgIpc) is 2.62. The van der Waals surface area contributed by atoms with Crippen LogP contribution < -0.4 is 5.32 Å². The van der Waals surface area contributed by atoms with Gasteiger partial charge in [-0.05, 0) is 47.5 Å². The minimum Gasteiger partial charge on any atom is -0.465 e. The minimum atomic E-state index is -0.582. The van der Waals surface area contributed by atoms with E-state index in [9.17, 15) is 14.9 Å². The molecule has 1 fully saturated rings. The first-order chi connectivity index (χ1) is 13.7. The molecular formula is C20H31N5O4. The van der Waals surface area contributed by atoms with Crippen molar-refractivity contribution < 1.29 is 19.1 Å². The normalized spacial score (nSPS) is 16.8. The van der Waals surface area contributed by atoms with Crippen LogP contribution in [0.4, 0.5) is 4.79 Å². The number of rotatable bonds is 5. The van der Waals surface area contributed by atoms with Gasteiger partial charge in [0.1, 0.15) is 12.1 Å². The van der Waals surface area contributed by atoms with E-state index in [-0.39, 0.29) is 25.7 Å². The smallest absolute Gasteiger partial charge is 0.407 e. The maximum atomic E-state index is 12.1. The first kappa shape index (κ1) is 24.1. The fourth-order valence-electron chi connectivity index (χ4n) is 2.87. The van der Waals surface area contributed by atoms with Gasteiger partial charge in [-0.25, -0.2) is 4.79 Å². The molecule has 0 aromatic heterocycles. The lowest BCUT2D eigenvalue weighted by molar-refractivity contribution is -0.143. The molecule has 160 valence electrons. The highest BCUT2D eigenvalue weighted by molar-refractivity contribution is 5.85. The fourth-order valence-corrected chi connectivity index (χ4v) is 2.87. The van der Waals surface area contributed by atoms with Crippen molar-refractivity contribution in [2.24, 2.45) is 4.99 Å². The lowest BCUT2D eigenvalue weighted by Crippen LogP contribution is -2.55. The van der Waals surface area contributed by atoms with Crippen LogP contribution in [-0.2, 0) is 14.3 Å². The lowest BCUT2D eigenvalue weighted by atomic mass is 10.1. The van der Waals surface area contributed by atoms with Crippen LogP contribution in [0.1, 0.15) is 47.5 Å². The van der Waals surface area contributed by atoms with Crippen LogP contribution in [0.2, 0.25) is 0 Å². The molecule has 1 amide bonds. The van der Waals surface area contributed by atoms with Gasteiger partial charge in [-0.2, -0.15) is 5.26 Å². The molecule has 0 aromatic carbocycles. The first-order valence-corrected chi connectivity index (χ1v) is 9.71. The van der Waals surface area contributed by atoms with E-state index in [1.165, 1.54) is 0 Å². The number of carbonyl (C=O) groups excluding carboxylic acids is 2. The molecule has 9 heteroatoms. The Morgan fingerprint density at radius 1 is 1.38 bits per heavy atom. The molecule has 1 saturated heterocycles. The third-order valence-electron chi connectivity index (χ3n) is 3.93. The molecule has 1 aliphatic rings. The van der Waals surface area contributed by atoms with Crippen LogP contribution in [0.3, 0.4) is 0 Å². The maximum Gasteiger partial charge on any atom is 0.407 e. The number of carbonyl (C=O) groups is 2. The summed E-state index contributed by atoms with van der Waals surface area (Å²) in [6, 6.07) is -0.163. The molecule has 0 radical (unpaired) electrons. The van der Waals surface area contributed by atoms with Crippen molar-refractivity contribution >= 4 is 18.0 Å². The zero-order valence-electron chi connectivity index (χ0n) is 17.9. The van der Waals surface area contributed by atoms with Gasteiger partial charge in [0.2, 0.25) is 12.2 Å². The molecule has 1 N–H and O–H groups in total. The van der Waals surface area contributed by atoms with Crippen molar-refractivity contribution in [2.45, 2.75) is 59.1 Å². The second kappa shape index (κ2) is 11.8. The van der Waals surface area contributed by atoms with Gasteiger partial charge in [0.15, 0.2) is 0 Å². The van der Waals surface area contributed by atoms with Crippen molar-refractivity contribution in [1.29, 1.82) is 5.26 Å². The van der Waals surface area contributed by atoms with E-state index in [1.54, 1.807) is 45.7 Å². The third-order valence-corrected chi connectivity index (χ3v) is 3.93. The number of hydrogen-bond donors (Lipinski definition) is 1. The maximum absolute atomic E-state index is 12.1. The Morgan fingerprint density at radius 3 is 2.69 bits per heavy atom. The van der Waals surface area contributed by atoms with Gasteiger partial charge in [-0.15, -0.1) is 10.9 Å². The van der Waals surface area contributed by atoms with Gasteiger partial charge in [-0.3, -0.25) is 4.79 Å². The van der Waals surface area contributed by atoms with E-state index >= 15 is 0 Å². The van der Waals surface area contributed by atoms with Crippen LogP contribution in [-0.4, -0.2) is 72.3 Å². The summed E-state index contributed by atoms with van der Waals surface area (Å²) < 4.78 is 10.4. The highest BCUT2D eigenvalue weighted by Crippen LogP contribution is 2.14. The predicted molar refractivity (Wildman–Crippen MR) is 109 cm³/mol. The summed E-state index contributed by atoms with van der Waals surface area (Å²) >= 11 is 0. The second-order valence-electron chi connectivity index (χ2n) is 7.53. The Morgan fingerprint density at radius 2 is 2.10 bits per heavy atom. The van der Waals surface area contributed by atoms with E-state index in [0.29, 0.717) is 19.0 Å². The number of alkyl carbamates (subject to hydrolysis) is 1. The number of nitrogens with one attached hydrogen (secondary N) is 1. The summed E-state index contributed by atoms with van der Waals surface area (Å²) in [5.74, 6) is 5.62. The van der Waals surface area contributed by atoms with Gasteiger partial charge in [0.05, 0.1) is 13.2 Å². The minimum absolute atomic E-state index is 0.0658. The molecule has 0 saturated carbocycles. The number of nitriles is 1. The van der Waals surface area contributed by atoms with Gasteiger partial charge < -0.3 is 24.6 Å². The van der Waals surface area contributed by atoms with Gasteiger partial charge in [0, 0.05) is 19.1 Å². The molecule has 1 atom stereocenters. The molecule has 0 spiro atoms. The van der Waals surface area contributed by atoms with Crippen LogP contribution >= 0.6 is 0 Å². The summed E-state index contributed by atoms with van der Waals surface area (Å²) in [4.78, 5) is 31.5. The van der Waals surface area contributed by atoms with E-state index in [0.717, 1.165) is 12.8 Å². The highest BCUT2D eigenvalue weighted by atomic mass is 16.6. The second-order valence-corrected chi connectivity index (χ2v) is 7.53. The van der Waals surface area contributed by atoms with Crippen molar-refractivity contribution in [3.63, 3.8) is 0 Å². The predicted octanol–water partition coefficient (Wildman–Crippen LogP) is 1.70. The molecule has 0 aromatic rings. The van der Waals surface area contributed by atoms with E-state index in [2.05, 4.69) is 22.2 Å². The standard InChI is InChI=1S/C20H31N5O4/c1-6-8-11-25(14-17(26)28-7-2)18(22-15-21)24-12-9-10-16(13-24)23-19(27)29-20(3,4)5/h16H,7,9-14H2,1-5H3,(H,23,27)/b22-18-. The average molecular weight is 405 g/mol.